The standard InChI is InChI=1S/C23H29N3O5S2/c1-17-11-14-19(15-12-17)33(30,31)26(22(27)16-13-18-7-3-2-4-8-18)24-23-20-9-5-6-10-21(20)32(28,29)25-23/h2-4,7-8,11-12,14-15,20-21,23-25H,5-6,9-10,13,16H2,1H3. The number of amides is 1. The van der Waals surface area contributed by atoms with Gasteiger partial charge in [-0.3, -0.25) is 4.79 Å². The van der Waals surface area contributed by atoms with Crippen LogP contribution in [0.15, 0.2) is 59.5 Å². The van der Waals surface area contributed by atoms with Crippen molar-refractivity contribution in [2.24, 2.45) is 5.92 Å². The summed E-state index contributed by atoms with van der Waals surface area (Å²) in [5.41, 5.74) is 4.56. The topological polar surface area (TPSA) is 113 Å². The lowest BCUT2D eigenvalue weighted by molar-refractivity contribution is -0.129. The number of fused-ring (bicyclic) bond motifs is 1. The van der Waals surface area contributed by atoms with Crippen molar-refractivity contribution < 1.29 is 21.6 Å². The number of carbonyl (C=O) groups excluding carboxylic acids is 1. The molecule has 178 valence electrons. The van der Waals surface area contributed by atoms with E-state index in [1.165, 1.54) is 12.1 Å². The molecule has 1 saturated heterocycles. The fraction of sp³-hybridized carbons (Fsp3) is 0.435. The predicted molar refractivity (Wildman–Crippen MR) is 125 cm³/mol. The van der Waals surface area contributed by atoms with Crippen LogP contribution >= 0.6 is 0 Å². The van der Waals surface area contributed by atoms with Crippen LogP contribution in [0.2, 0.25) is 0 Å². The van der Waals surface area contributed by atoms with Crippen molar-refractivity contribution in [2.75, 3.05) is 0 Å². The van der Waals surface area contributed by atoms with E-state index in [-0.39, 0.29) is 17.2 Å². The average molecular weight is 492 g/mol. The Morgan fingerprint density at radius 1 is 1.06 bits per heavy atom. The summed E-state index contributed by atoms with van der Waals surface area (Å²) in [6, 6.07) is 15.6. The molecule has 2 fully saturated rings. The van der Waals surface area contributed by atoms with Crippen LogP contribution in [0.1, 0.15) is 43.2 Å². The van der Waals surface area contributed by atoms with Crippen LogP contribution in [0.25, 0.3) is 0 Å². The Kier molecular flexibility index (Phi) is 6.90. The maximum atomic E-state index is 13.5. The van der Waals surface area contributed by atoms with Gasteiger partial charge in [0.1, 0.15) is 0 Å². The van der Waals surface area contributed by atoms with Crippen molar-refractivity contribution in [3.63, 3.8) is 0 Å². The smallest absolute Gasteiger partial charge is 0.272 e. The summed E-state index contributed by atoms with van der Waals surface area (Å²) in [7, 11) is -7.83. The lowest BCUT2D eigenvalue weighted by Crippen LogP contribution is -2.56. The van der Waals surface area contributed by atoms with E-state index in [4.69, 9.17) is 0 Å². The number of aryl methyl sites for hydroxylation is 2. The minimum Gasteiger partial charge on any atom is -0.272 e. The van der Waals surface area contributed by atoms with Gasteiger partial charge < -0.3 is 0 Å². The Hall–Kier alpha value is -2.27. The number of hydrogen-bond acceptors (Lipinski definition) is 6. The molecule has 1 heterocycles. The molecule has 1 amide bonds. The predicted octanol–water partition coefficient (Wildman–Crippen LogP) is 2.47. The second kappa shape index (κ2) is 9.54. The van der Waals surface area contributed by atoms with E-state index in [9.17, 15) is 21.6 Å². The summed E-state index contributed by atoms with van der Waals surface area (Å²) in [4.78, 5) is 13.2. The SMILES string of the molecule is Cc1ccc(S(=O)(=O)N(NC2NS(=O)(=O)C3CCCCC23)C(=O)CCc2ccccc2)cc1. The van der Waals surface area contributed by atoms with Crippen LogP contribution in [-0.4, -0.2) is 38.6 Å². The third-order valence-electron chi connectivity index (χ3n) is 6.38. The summed E-state index contributed by atoms with van der Waals surface area (Å²) in [5, 5.41) is -0.577. The minimum atomic E-state index is -4.25. The zero-order valence-corrected chi connectivity index (χ0v) is 20.1. The molecule has 2 aliphatic rings. The van der Waals surface area contributed by atoms with Crippen molar-refractivity contribution in [1.29, 1.82) is 0 Å². The third kappa shape index (κ3) is 5.13. The molecule has 2 N–H and O–H groups in total. The highest BCUT2D eigenvalue weighted by Crippen LogP contribution is 2.36. The van der Waals surface area contributed by atoms with Gasteiger partial charge in [0.05, 0.1) is 16.3 Å². The van der Waals surface area contributed by atoms with E-state index < -0.39 is 37.4 Å². The average Bonchev–Trinajstić information content (AvgIpc) is 3.07. The van der Waals surface area contributed by atoms with Gasteiger partial charge in [-0.1, -0.05) is 60.9 Å². The summed E-state index contributed by atoms with van der Waals surface area (Å²) in [6.07, 6.45) is 2.32. The molecular formula is C23H29N3O5S2. The Morgan fingerprint density at radius 2 is 1.73 bits per heavy atom. The number of benzene rings is 2. The zero-order valence-electron chi connectivity index (χ0n) is 18.5. The maximum absolute atomic E-state index is 13.5. The van der Waals surface area contributed by atoms with E-state index in [0.717, 1.165) is 24.0 Å². The third-order valence-corrected chi connectivity index (χ3v) is 10.0. The molecule has 0 radical (unpaired) electrons. The van der Waals surface area contributed by atoms with Crippen LogP contribution in [0.3, 0.4) is 0 Å². The minimum absolute atomic E-state index is 0.0327. The molecule has 0 bridgehead atoms. The highest BCUT2D eigenvalue weighted by Gasteiger charge is 2.49. The molecule has 0 aromatic heterocycles. The monoisotopic (exact) mass is 491 g/mol. The number of sulfonamides is 2. The quantitative estimate of drug-likeness (QED) is 0.576. The highest BCUT2D eigenvalue weighted by molar-refractivity contribution is 7.90. The van der Waals surface area contributed by atoms with Gasteiger partial charge in [-0.25, -0.2) is 8.42 Å². The molecule has 0 spiro atoms. The first-order valence-corrected chi connectivity index (χ1v) is 14.1. The van der Waals surface area contributed by atoms with E-state index in [2.05, 4.69) is 10.1 Å². The van der Waals surface area contributed by atoms with Crippen LogP contribution in [0, 0.1) is 12.8 Å². The number of nitrogens with zero attached hydrogens (tertiary/aromatic N) is 1. The Labute approximate surface area is 195 Å². The first-order chi connectivity index (χ1) is 15.7. The molecule has 3 unspecified atom stereocenters. The molecule has 2 aromatic carbocycles. The second-order valence-electron chi connectivity index (χ2n) is 8.72. The fourth-order valence-electron chi connectivity index (χ4n) is 4.58. The van der Waals surface area contributed by atoms with Gasteiger partial charge >= 0.3 is 0 Å². The molecule has 33 heavy (non-hydrogen) atoms. The van der Waals surface area contributed by atoms with Gasteiger partial charge in [0, 0.05) is 12.3 Å². The first-order valence-electron chi connectivity index (χ1n) is 11.1. The van der Waals surface area contributed by atoms with Crippen molar-refractivity contribution in [1.82, 2.24) is 14.6 Å². The van der Waals surface area contributed by atoms with Crippen LogP contribution < -0.4 is 10.1 Å². The molecule has 8 nitrogen and oxygen atoms in total. The first kappa shape index (κ1) is 23.9. The van der Waals surface area contributed by atoms with Crippen LogP contribution in [-0.2, 0) is 31.3 Å². The molecule has 10 heteroatoms. The van der Waals surface area contributed by atoms with E-state index in [1.807, 2.05) is 37.3 Å². The normalized spacial score (nSPS) is 24.2. The van der Waals surface area contributed by atoms with Gasteiger partial charge in [0.2, 0.25) is 10.0 Å². The van der Waals surface area contributed by atoms with Crippen LogP contribution in [0.5, 0.6) is 0 Å². The van der Waals surface area contributed by atoms with E-state index >= 15 is 0 Å². The summed E-state index contributed by atoms with van der Waals surface area (Å²) < 4.78 is 55.4. The van der Waals surface area contributed by atoms with Gasteiger partial charge in [-0.05, 0) is 43.9 Å². The van der Waals surface area contributed by atoms with Crippen LogP contribution in [0.4, 0.5) is 0 Å². The van der Waals surface area contributed by atoms with Gasteiger partial charge in [0.25, 0.3) is 15.9 Å². The Bertz CT molecular complexity index is 1200. The van der Waals surface area contributed by atoms with Crippen molar-refractivity contribution in [2.45, 2.75) is 61.8 Å². The van der Waals surface area contributed by atoms with Gasteiger partial charge in [-0.2, -0.15) is 23.0 Å². The fourth-order valence-corrected chi connectivity index (χ4v) is 7.87. The van der Waals surface area contributed by atoms with E-state index in [0.29, 0.717) is 23.7 Å². The molecule has 2 aromatic rings. The lowest BCUT2D eigenvalue weighted by atomic mass is 9.87. The molecular weight excluding hydrogens is 462 g/mol. The van der Waals surface area contributed by atoms with Gasteiger partial charge in [0.15, 0.2) is 0 Å². The lowest BCUT2D eigenvalue weighted by Gasteiger charge is -2.31. The van der Waals surface area contributed by atoms with Crippen molar-refractivity contribution in [3.05, 3.63) is 65.7 Å². The molecule has 1 aliphatic heterocycles. The zero-order chi connectivity index (χ0) is 23.6. The van der Waals surface area contributed by atoms with Crippen molar-refractivity contribution >= 4 is 26.0 Å². The Morgan fingerprint density at radius 3 is 2.42 bits per heavy atom. The molecule has 1 saturated carbocycles. The Balaban J connectivity index is 1.62. The number of nitrogens with one attached hydrogen (secondary N) is 2. The van der Waals surface area contributed by atoms with Gasteiger partial charge in [-0.15, -0.1) is 0 Å². The second-order valence-corrected chi connectivity index (χ2v) is 12.4. The van der Waals surface area contributed by atoms with E-state index in [1.54, 1.807) is 12.1 Å². The summed E-state index contributed by atoms with van der Waals surface area (Å²) in [6.45, 7) is 1.84. The maximum Gasteiger partial charge on any atom is 0.280 e. The largest absolute Gasteiger partial charge is 0.280 e. The summed E-state index contributed by atoms with van der Waals surface area (Å²) in [5.74, 6) is -0.945. The van der Waals surface area contributed by atoms with Crippen molar-refractivity contribution in [3.8, 4) is 0 Å². The number of hydrazine groups is 1. The number of rotatable bonds is 7. The molecule has 1 aliphatic carbocycles. The molecule has 4 rings (SSSR count). The number of hydrogen-bond donors (Lipinski definition) is 2. The number of carbonyl (C=O) groups is 1. The highest BCUT2D eigenvalue weighted by atomic mass is 32.2. The summed E-state index contributed by atoms with van der Waals surface area (Å²) >= 11 is 0. The molecule has 3 atom stereocenters.